The number of carboxylic acids is 1. The van der Waals surface area contributed by atoms with Crippen molar-refractivity contribution in [2.45, 2.75) is 19.8 Å². The van der Waals surface area contributed by atoms with Crippen molar-refractivity contribution in [2.75, 3.05) is 18.1 Å². The van der Waals surface area contributed by atoms with Crippen LogP contribution < -0.4 is 11.5 Å². The average Bonchev–Trinajstić information content (AvgIpc) is 2.58. The van der Waals surface area contributed by atoms with Gasteiger partial charge in [0.25, 0.3) is 0 Å². The number of hydrogen-bond acceptors (Lipinski definition) is 5. The number of hydrogen-bond donors (Lipinski definition) is 3. The van der Waals surface area contributed by atoms with E-state index >= 15 is 0 Å². The van der Waals surface area contributed by atoms with Crippen LogP contribution in [0.3, 0.4) is 0 Å². The number of nitrogens with two attached hydrogens (primary N) is 2. The Morgan fingerprint density at radius 3 is 1.68 bits per heavy atom. The van der Waals surface area contributed by atoms with Crippen LogP contribution in [-0.2, 0) is 27.2 Å². The number of aliphatic carboxylic acids is 1. The van der Waals surface area contributed by atoms with Crippen LogP contribution in [0.1, 0.15) is 18.1 Å². The molecule has 0 unspecified atom stereocenters. The minimum absolute atomic E-state index is 0.104. The Hall–Kier alpha value is -1.86. The van der Waals surface area contributed by atoms with Gasteiger partial charge in [-0.3, -0.25) is 9.59 Å². The van der Waals surface area contributed by atoms with Crippen molar-refractivity contribution < 1.29 is 19.4 Å². The molecule has 0 aliphatic rings. The van der Waals surface area contributed by atoms with Gasteiger partial charge in [0, 0.05) is 10.0 Å². The Bertz CT molecular complexity index is 875. The largest absolute Gasteiger partial charge is 0.481 e. The molecular formula is C18H18Cl4N2O4. The van der Waals surface area contributed by atoms with Gasteiger partial charge in [-0.2, -0.15) is 0 Å². The Morgan fingerprint density at radius 1 is 0.857 bits per heavy atom. The summed E-state index contributed by atoms with van der Waals surface area (Å²) in [6.07, 6.45) is -0.0501. The summed E-state index contributed by atoms with van der Waals surface area (Å²) in [6.45, 7) is 2.09. The summed E-state index contributed by atoms with van der Waals surface area (Å²) in [5.41, 5.74) is 12.8. The van der Waals surface area contributed by atoms with Crippen molar-refractivity contribution in [2.24, 2.45) is 0 Å². The van der Waals surface area contributed by atoms with Gasteiger partial charge in [-0.25, -0.2) is 0 Å². The zero-order valence-corrected chi connectivity index (χ0v) is 17.8. The maximum absolute atomic E-state index is 11.2. The third-order valence-corrected chi connectivity index (χ3v) is 4.67. The molecule has 0 radical (unpaired) electrons. The van der Waals surface area contributed by atoms with Crippen molar-refractivity contribution in [3.8, 4) is 0 Å². The van der Waals surface area contributed by atoms with Gasteiger partial charge >= 0.3 is 11.9 Å². The molecule has 0 aromatic heterocycles. The molecular weight excluding hydrogens is 450 g/mol. The van der Waals surface area contributed by atoms with E-state index in [4.69, 9.17) is 67.7 Å². The number of ether oxygens (including phenoxy) is 1. The molecule has 0 bridgehead atoms. The Kier molecular flexibility index (Phi) is 9.69. The number of carbonyl (C=O) groups excluding carboxylic acids is 1. The van der Waals surface area contributed by atoms with Gasteiger partial charge in [0.2, 0.25) is 0 Å². The molecule has 2 aromatic carbocycles. The lowest BCUT2D eigenvalue weighted by Crippen LogP contribution is -2.08. The summed E-state index contributed by atoms with van der Waals surface area (Å²) in [5.74, 6) is -1.29. The molecule has 0 heterocycles. The van der Waals surface area contributed by atoms with E-state index in [9.17, 15) is 9.59 Å². The number of benzene rings is 2. The van der Waals surface area contributed by atoms with Crippen LogP contribution >= 0.6 is 46.4 Å². The number of anilines is 2. The predicted octanol–water partition coefficient (Wildman–Crippen LogP) is 4.88. The molecule has 0 atom stereocenters. The van der Waals surface area contributed by atoms with Crippen LogP contribution in [0.15, 0.2) is 24.3 Å². The molecule has 0 aliphatic heterocycles. The maximum atomic E-state index is 11.2. The zero-order chi connectivity index (χ0) is 21.4. The minimum Gasteiger partial charge on any atom is -0.481 e. The molecule has 0 spiro atoms. The molecule has 0 aliphatic carbocycles. The summed E-state index contributed by atoms with van der Waals surface area (Å²) in [7, 11) is 0. The highest BCUT2D eigenvalue weighted by Crippen LogP contribution is 2.28. The molecule has 2 rings (SSSR count). The topological polar surface area (TPSA) is 116 Å². The highest BCUT2D eigenvalue weighted by molar-refractivity contribution is 6.36. The fourth-order valence-electron chi connectivity index (χ4n) is 2.01. The first kappa shape index (κ1) is 24.2. The van der Waals surface area contributed by atoms with E-state index < -0.39 is 5.97 Å². The monoisotopic (exact) mass is 466 g/mol. The quantitative estimate of drug-likeness (QED) is 0.426. The van der Waals surface area contributed by atoms with E-state index in [2.05, 4.69) is 0 Å². The van der Waals surface area contributed by atoms with Gasteiger partial charge in [0.15, 0.2) is 0 Å². The molecule has 28 heavy (non-hydrogen) atoms. The molecule has 0 saturated heterocycles. The summed E-state index contributed by atoms with van der Waals surface area (Å²) in [5, 5.41) is 9.97. The highest BCUT2D eigenvalue weighted by atomic mass is 35.5. The van der Waals surface area contributed by atoms with Gasteiger partial charge in [-0.1, -0.05) is 46.4 Å². The molecule has 5 N–H and O–H groups in total. The molecule has 152 valence electrons. The normalized spacial score (nSPS) is 10.0. The van der Waals surface area contributed by atoms with Crippen LogP contribution in [0.5, 0.6) is 0 Å². The first-order valence-corrected chi connectivity index (χ1v) is 9.40. The number of carboxylic acid groups (broad SMARTS) is 1. The molecule has 0 saturated carbocycles. The second-order valence-electron chi connectivity index (χ2n) is 5.48. The zero-order valence-electron chi connectivity index (χ0n) is 14.8. The number of carbonyl (C=O) groups is 2. The van der Waals surface area contributed by atoms with Crippen molar-refractivity contribution in [3.05, 3.63) is 55.5 Å². The molecule has 0 fully saturated rings. The summed E-state index contributed by atoms with van der Waals surface area (Å²) < 4.78 is 4.80. The van der Waals surface area contributed by atoms with E-state index in [1.54, 1.807) is 13.0 Å². The third-order valence-electron chi connectivity index (χ3n) is 3.31. The van der Waals surface area contributed by atoms with Crippen LogP contribution in [0.2, 0.25) is 20.1 Å². The summed E-state index contributed by atoms with van der Waals surface area (Å²) >= 11 is 23.1. The summed E-state index contributed by atoms with van der Waals surface area (Å²) in [4.78, 5) is 21.6. The summed E-state index contributed by atoms with van der Waals surface area (Å²) in [6, 6.07) is 6.02. The minimum atomic E-state index is -0.956. The van der Waals surface area contributed by atoms with E-state index in [1.807, 2.05) is 0 Å². The highest BCUT2D eigenvalue weighted by Gasteiger charge is 2.10. The van der Waals surface area contributed by atoms with Gasteiger partial charge in [0.1, 0.15) is 0 Å². The Labute approximate surface area is 182 Å². The molecule has 2 aromatic rings. The number of esters is 1. The Morgan fingerprint density at radius 2 is 1.29 bits per heavy atom. The van der Waals surface area contributed by atoms with Gasteiger partial charge in [-0.05, 0) is 42.3 Å². The van der Waals surface area contributed by atoms with Gasteiger partial charge in [0.05, 0.1) is 40.9 Å². The van der Waals surface area contributed by atoms with Crippen molar-refractivity contribution in [1.82, 2.24) is 0 Å². The van der Waals surface area contributed by atoms with Crippen LogP contribution in [0.25, 0.3) is 0 Å². The smallest absolute Gasteiger partial charge is 0.310 e. The van der Waals surface area contributed by atoms with Crippen LogP contribution in [-0.4, -0.2) is 23.7 Å². The number of nitrogen functional groups attached to an aromatic ring is 2. The lowest BCUT2D eigenvalue weighted by atomic mass is 10.1. The van der Waals surface area contributed by atoms with Crippen molar-refractivity contribution in [1.29, 1.82) is 0 Å². The van der Waals surface area contributed by atoms with Crippen LogP contribution in [0, 0.1) is 0 Å². The second kappa shape index (κ2) is 11.2. The standard InChI is InChI=1S/C10H11Cl2NO2.C8H7Cl2NO2/c1-2-15-10(14)4-6-3-8(12)9(13)5-7(6)11;9-5-3-7(11)6(10)1-4(5)2-8(12)13/h3,5H,2,4,13H2,1H3;1,3H,2,11H2,(H,12,13). The number of halogens is 4. The first-order chi connectivity index (χ1) is 13.0. The maximum Gasteiger partial charge on any atom is 0.310 e. The second-order valence-corrected chi connectivity index (χ2v) is 7.11. The number of rotatable bonds is 5. The van der Waals surface area contributed by atoms with Gasteiger partial charge < -0.3 is 21.3 Å². The van der Waals surface area contributed by atoms with E-state index in [1.165, 1.54) is 18.2 Å². The SMILES string of the molecule is CCOC(=O)Cc1cc(Cl)c(N)cc1Cl.Nc1cc(Cl)c(CC(=O)O)cc1Cl. The fourth-order valence-corrected chi connectivity index (χ4v) is 2.86. The average molecular weight is 468 g/mol. The van der Waals surface area contributed by atoms with E-state index in [-0.39, 0.29) is 18.8 Å². The third kappa shape index (κ3) is 7.64. The molecule has 10 heteroatoms. The molecule has 6 nitrogen and oxygen atoms in total. The van der Waals surface area contributed by atoms with E-state index in [0.29, 0.717) is 49.2 Å². The Balaban J connectivity index is 0.000000283. The van der Waals surface area contributed by atoms with Crippen LogP contribution in [0.4, 0.5) is 11.4 Å². The first-order valence-electron chi connectivity index (χ1n) is 7.89. The fraction of sp³-hybridized carbons (Fsp3) is 0.222. The van der Waals surface area contributed by atoms with Crippen molar-refractivity contribution >= 4 is 69.7 Å². The molecule has 0 amide bonds. The lowest BCUT2D eigenvalue weighted by Gasteiger charge is -2.06. The predicted molar refractivity (Wildman–Crippen MR) is 113 cm³/mol. The van der Waals surface area contributed by atoms with Gasteiger partial charge in [-0.15, -0.1) is 0 Å². The lowest BCUT2D eigenvalue weighted by molar-refractivity contribution is -0.142. The van der Waals surface area contributed by atoms with Crippen molar-refractivity contribution in [3.63, 3.8) is 0 Å². The van der Waals surface area contributed by atoms with E-state index in [0.717, 1.165) is 0 Å².